The summed E-state index contributed by atoms with van der Waals surface area (Å²) in [5, 5.41) is 0. The zero-order chi connectivity index (χ0) is 55.2. The van der Waals surface area contributed by atoms with Crippen LogP contribution in [0.2, 0.25) is 0 Å². The Bertz CT molecular complexity index is 1610. The molecule has 10 heteroatoms. The summed E-state index contributed by atoms with van der Waals surface area (Å²) in [6.45, 7) is 3.63. The number of carbonyl (C=O) groups excluding carboxylic acids is 2. The van der Waals surface area contributed by atoms with Crippen molar-refractivity contribution in [3.05, 3.63) is 109 Å². The van der Waals surface area contributed by atoms with Crippen molar-refractivity contribution in [1.29, 1.82) is 0 Å². The maximum absolute atomic E-state index is 12.7. The first-order valence-electron chi connectivity index (χ1n) is 30.9. The van der Waals surface area contributed by atoms with E-state index in [1.54, 1.807) is 0 Å². The van der Waals surface area contributed by atoms with Gasteiger partial charge in [-0.2, -0.15) is 0 Å². The second-order valence-electron chi connectivity index (χ2n) is 20.2. The molecule has 3 N–H and O–H groups in total. The highest BCUT2D eigenvalue weighted by Gasteiger charge is 2.26. The van der Waals surface area contributed by atoms with Gasteiger partial charge in [-0.25, -0.2) is 4.57 Å². The molecule has 0 spiro atoms. The van der Waals surface area contributed by atoms with E-state index in [1.165, 1.54) is 122 Å². The molecule has 2 atom stereocenters. The van der Waals surface area contributed by atoms with Crippen molar-refractivity contribution in [2.75, 3.05) is 26.4 Å². The van der Waals surface area contributed by atoms with E-state index in [0.717, 1.165) is 109 Å². The van der Waals surface area contributed by atoms with Crippen molar-refractivity contribution in [3.63, 3.8) is 0 Å². The predicted molar refractivity (Wildman–Crippen MR) is 325 cm³/mol. The van der Waals surface area contributed by atoms with Crippen molar-refractivity contribution < 1.29 is 37.6 Å². The van der Waals surface area contributed by atoms with Crippen molar-refractivity contribution in [1.82, 2.24) is 0 Å². The smallest absolute Gasteiger partial charge is 0.462 e. The zero-order valence-electron chi connectivity index (χ0n) is 48.7. The molecule has 0 aromatic carbocycles. The molecule has 0 bridgehead atoms. The molecule has 0 rings (SSSR count). The summed E-state index contributed by atoms with van der Waals surface area (Å²) < 4.78 is 33.1. The van der Waals surface area contributed by atoms with Gasteiger partial charge in [0.05, 0.1) is 13.2 Å². The predicted octanol–water partition coefficient (Wildman–Crippen LogP) is 19.8. The monoisotopic (exact) mass is 1080 g/mol. The largest absolute Gasteiger partial charge is 0.472 e. The highest BCUT2D eigenvalue weighted by Crippen LogP contribution is 2.43. The Morgan fingerprint density at radius 2 is 0.724 bits per heavy atom. The molecule has 0 saturated heterocycles. The van der Waals surface area contributed by atoms with E-state index in [-0.39, 0.29) is 38.6 Å². The summed E-state index contributed by atoms with van der Waals surface area (Å²) in [5.41, 5.74) is 5.39. The summed E-state index contributed by atoms with van der Waals surface area (Å²) in [5.74, 6) is -0.847. The van der Waals surface area contributed by atoms with Gasteiger partial charge in [-0.1, -0.05) is 277 Å². The van der Waals surface area contributed by atoms with Gasteiger partial charge in [0.15, 0.2) is 6.10 Å². The van der Waals surface area contributed by atoms with Crippen LogP contribution in [0.25, 0.3) is 0 Å². The number of hydrogen-bond acceptors (Lipinski definition) is 8. The molecule has 0 aliphatic rings. The molecular formula is C66H114NO8P. The number of rotatable bonds is 57. The summed E-state index contributed by atoms with van der Waals surface area (Å²) >= 11 is 0. The minimum Gasteiger partial charge on any atom is -0.462 e. The summed E-state index contributed by atoms with van der Waals surface area (Å²) in [4.78, 5) is 35.2. The lowest BCUT2D eigenvalue weighted by atomic mass is 10.0. The molecular weight excluding hydrogens is 966 g/mol. The zero-order valence-corrected chi connectivity index (χ0v) is 49.6. The average Bonchev–Trinajstić information content (AvgIpc) is 3.41. The van der Waals surface area contributed by atoms with Crippen LogP contribution in [-0.2, 0) is 32.7 Å². The van der Waals surface area contributed by atoms with Gasteiger partial charge in [0.25, 0.3) is 0 Å². The van der Waals surface area contributed by atoms with Crippen LogP contribution in [0.1, 0.15) is 264 Å². The first-order chi connectivity index (χ1) is 37.3. The van der Waals surface area contributed by atoms with Crippen LogP contribution in [0.3, 0.4) is 0 Å². The number of nitrogens with two attached hydrogens (primary N) is 1. The standard InChI is InChI=1S/C66H114NO8P/c1-3-5-7-9-11-13-15-17-19-21-23-25-27-28-29-30-31-32-33-34-35-36-37-39-41-43-45-47-49-51-53-55-57-59-66(69)75-64(63-74-76(70,71)73-61-60-67)62-72-65(68)58-56-54-52-50-48-46-44-42-40-38-26-24-22-20-18-16-14-12-10-8-6-4-2/h5,7,11,13,17,19,23,25,28-29,31-32,34-35,37,39,43,45,64H,3-4,6,8-10,12,14-16,18,20-22,24,26-27,30,33,36,38,40-42,44,46-63,67H2,1-2H3,(H,70,71)/b7-5-,13-11-,19-17-,25-23-,29-28-,32-31-,35-34-,39-37-,45-43-. The summed E-state index contributed by atoms with van der Waals surface area (Å²) in [7, 11) is -4.40. The number of ether oxygens (including phenoxy) is 2. The third kappa shape index (κ3) is 59.9. The maximum Gasteiger partial charge on any atom is 0.472 e. The normalized spacial score (nSPS) is 13.8. The molecule has 0 radical (unpaired) electrons. The molecule has 0 fully saturated rings. The van der Waals surface area contributed by atoms with Crippen LogP contribution in [0.4, 0.5) is 0 Å². The van der Waals surface area contributed by atoms with E-state index in [4.69, 9.17) is 24.3 Å². The highest BCUT2D eigenvalue weighted by atomic mass is 31.2. The van der Waals surface area contributed by atoms with E-state index >= 15 is 0 Å². The molecule has 0 aromatic heterocycles. The van der Waals surface area contributed by atoms with Crippen LogP contribution in [0.15, 0.2) is 109 Å². The first kappa shape index (κ1) is 72.7. The molecule has 2 unspecified atom stereocenters. The molecule has 0 saturated carbocycles. The van der Waals surface area contributed by atoms with Gasteiger partial charge in [-0.05, 0) is 83.5 Å². The van der Waals surface area contributed by atoms with E-state index in [0.29, 0.717) is 6.42 Å². The number of unbranched alkanes of at least 4 members (excludes halogenated alkanes) is 26. The molecule has 76 heavy (non-hydrogen) atoms. The second-order valence-corrected chi connectivity index (χ2v) is 21.7. The second kappa shape index (κ2) is 60.9. The molecule has 0 amide bonds. The van der Waals surface area contributed by atoms with Crippen molar-refractivity contribution >= 4 is 19.8 Å². The average molecular weight is 1080 g/mol. The number of hydrogen-bond donors (Lipinski definition) is 2. The fourth-order valence-corrected chi connectivity index (χ4v) is 9.16. The third-order valence-corrected chi connectivity index (χ3v) is 13.9. The molecule has 0 heterocycles. The van der Waals surface area contributed by atoms with Gasteiger partial charge in [0.2, 0.25) is 0 Å². The number of allylic oxidation sites excluding steroid dienone is 18. The number of phosphoric ester groups is 1. The van der Waals surface area contributed by atoms with E-state index in [2.05, 4.69) is 123 Å². The lowest BCUT2D eigenvalue weighted by molar-refractivity contribution is -0.161. The van der Waals surface area contributed by atoms with Crippen LogP contribution < -0.4 is 5.73 Å². The maximum atomic E-state index is 12.7. The topological polar surface area (TPSA) is 134 Å². The quantitative estimate of drug-likeness (QED) is 0.0264. The Balaban J connectivity index is 4.04. The fourth-order valence-electron chi connectivity index (χ4n) is 8.39. The number of carbonyl (C=O) groups is 2. The third-order valence-electron chi connectivity index (χ3n) is 12.9. The molecule has 0 aliphatic heterocycles. The van der Waals surface area contributed by atoms with E-state index < -0.39 is 26.5 Å². The highest BCUT2D eigenvalue weighted by molar-refractivity contribution is 7.47. The van der Waals surface area contributed by atoms with Crippen LogP contribution in [-0.4, -0.2) is 49.3 Å². The van der Waals surface area contributed by atoms with Gasteiger partial charge in [-0.15, -0.1) is 0 Å². The Labute approximate surface area is 467 Å². The van der Waals surface area contributed by atoms with Gasteiger partial charge in [-0.3, -0.25) is 18.6 Å². The summed E-state index contributed by atoms with van der Waals surface area (Å²) in [6.07, 6.45) is 82.9. The van der Waals surface area contributed by atoms with Gasteiger partial charge < -0.3 is 20.1 Å². The van der Waals surface area contributed by atoms with Gasteiger partial charge in [0, 0.05) is 19.4 Å². The van der Waals surface area contributed by atoms with Crippen molar-refractivity contribution in [2.24, 2.45) is 5.73 Å². The van der Waals surface area contributed by atoms with Crippen LogP contribution >= 0.6 is 7.82 Å². The Hall–Kier alpha value is -3.33. The summed E-state index contributed by atoms with van der Waals surface area (Å²) in [6, 6.07) is 0. The Morgan fingerprint density at radius 3 is 1.08 bits per heavy atom. The lowest BCUT2D eigenvalue weighted by Gasteiger charge is -2.19. The van der Waals surface area contributed by atoms with Crippen LogP contribution in [0, 0.1) is 0 Å². The minimum absolute atomic E-state index is 0.0457. The molecule has 9 nitrogen and oxygen atoms in total. The molecule has 436 valence electrons. The minimum atomic E-state index is -4.40. The lowest BCUT2D eigenvalue weighted by Crippen LogP contribution is -2.29. The van der Waals surface area contributed by atoms with Crippen molar-refractivity contribution in [2.45, 2.75) is 270 Å². The molecule has 0 aliphatic carbocycles. The van der Waals surface area contributed by atoms with E-state index in [1.807, 2.05) is 0 Å². The first-order valence-corrected chi connectivity index (χ1v) is 32.4. The van der Waals surface area contributed by atoms with E-state index in [9.17, 15) is 19.0 Å². The number of esters is 2. The van der Waals surface area contributed by atoms with Crippen molar-refractivity contribution in [3.8, 4) is 0 Å². The Morgan fingerprint density at radius 1 is 0.408 bits per heavy atom. The number of phosphoric acid groups is 1. The van der Waals surface area contributed by atoms with Gasteiger partial charge in [0.1, 0.15) is 6.61 Å². The SMILES string of the molecule is CC/C=C\C/C=C\C/C=C\C/C=C\C/C=C\C/C=C\C/C=C\C/C=C\C/C=C\CCCCCCCC(=O)OC(COC(=O)CCCCCCCCCCCCCCCCCCCCCCCC)COP(=O)(O)OCCN. The van der Waals surface area contributed by atoms with Crippen LogP contribution in [0.5, 0.6) is 0 Å². The molecule has 0 aromatic rings. The fraction of sp³-hybridized carbons (Fsp3) is 0.697. The Kier molecular flexibility index (Phi) is 58.2. The van der Waals surface area contributed by atoms with Gasteiger partial charge >= 0.3 is 19.8 Å².